The predicted octanol–water partition coefficient (Wildman–Crippen LogP) is 2.49. The lowest BCUT2D eigenvalue weighted by Crippen LogP contribution is -2.10. The molecule has 2 rings (SSSR count). The maximum atomic E-state index is 13.5. The van der Waals surface area contributed by atoms with Crippen LogP contribution in [-0.2, 0) is 13.0 Å². The second kappa shape index (κ2) is 6.58. The largest absolute Gasteiger partial charge is 0.370 e. The smallest absolute Gasteiger partial charge is 0.144 e. The molecule has 2 aromatic rings. The molecule has 0 saturated carbocycles. The minimum absolute atomic E-state index is 0.199. The zero-order chi connectivity index (χ0) is 13.7. The Morgan fingerprint density at radius 2 is 2.16 bits per heavy atom. The van der Waals surface area contributed by atoms with Gasteiger partial charge in [-0.15, -0.1) is 0 Å². The second-order valence-electron chi connectivity index (χ2n) is 3.97. The molecular formula is C13H14BrFN4. The minimum Gasteiger partial charge on any atom is -0.370 e. The molecule has 4 nitrogen and oxygen atoms in total. The van der Waals surface area contributed by atoms with Crippen LogP contribution in [0.3, 0.4) is 0 Å². The molecule has 3 N–H and O–H groups in total. The molecule has 1 heterocycles. The molecule has 0 radical (unpaired) electrons. The fourth-order valence-corrected chi connectivity index (χ4v) is 2.06. The van der Waals surface area contributed by atoms with Crippen molar-refractivity contribution in [3.63, 3.8) is 0 Å². The number of nitrogens with zero attached hydrogens (tertiary/aromatic N) is 2. The van der Waals surface area contributed by atoms with Crippen molar-refractivity contribution in [2.45, 2.75) is 13.0 Å². The van der Waals surface area contributed by atoms with E-state index in [1.54, 1.807) is 24.4 Å². The summed E-state index contributed by atoms with van der Waals surface area (Å²) in [5.74, 6) is 1.08. The van der Waals surface area contributed by atoms with E-state index in [0.29, 0.717) is 36.7 Å². The number of anilines is 1. The lowest BCUT2D eigenvalue weighted by atomic mass is 10.1. The summed E-state index contributed by atoms with van der Waals surface area (Å²) in [5, 5.41) is 3.13. The van der Waals surface area contributed by atoms with Crippen molar-refractivity contribution in [2.75, 3.05) is 11.9 Å². The molecule has 0 saturated heterocycles. The minimum atomic E-state index is -0.199. The fourth-order valence-electron chi connectivity index (χ4n) is 1.66. The second-order valence-corrected chi connectivity index (χ2v) is 4.89. The number of aromatic nitrogens is 2. The fraction of sp³-hybridized carbons (Fsp3) is 0.231. The number of hydrogen-bond donors (Lipinski definition) is 2. The van der Waals surface area contributed by atoms with E-state index in [1.165, 1.54) is 6.07 Å². The van der Waals surface area contributed by atoms with Gasteiger partial charge < -0.3 is 11.1 Å². The quantitative estimate of drug-likeness (QED) is 0.887. The van der Waals surface area contributed by atoms with Gasteiger partial charge in [0.1, 0.15) is 17.5 Å². The van der Waals surface area contributed by atoms with Crippen LogP contribution in [0.2, 0.25) is 0 Å². The van der Waals surface area contributed by atoms with Gasteiger partial charge in [-0.2, -0.15) is 0 Å². The molecule has 0 aliphatic rings. The molecular weight excluding hydrogens is 311 g/mol. The molecule has 0 atom stereocenters. The number of nitrogens with two attached hydrogens (primary N) is 1. The van der Waals surface area contributed by atoms with Crippen LogP contribution in [0, 0.1) is 5.82 Å². The number of benzene rings is 1. The van der Waals surface area contributed by atoms with E-state index in [9.17, 15) is 4.39 Å². The zero-order valence-corrected chi connectivity index (χ0v) is 11.8. The molecule has 1 aromatic heterocycles. The van der Waals surface area contributed by atoms with Crippen LogP contribution < -0.4 is 11.1 Å². The average Bonchev–Trinajstić information content (AvgIpc) is 2.43. The first-order chi connectivity index (χ1) is 9.19. The Morgan fingerprint density at radius 1 is 1.32 bits per heavy atom. The third kappa shape index (κ3) is 3.97. The number of nitrogens with one attached hydrogen (secondary N) is 1. The third-order valence-corrected chi connectivity index (χ3v) is 3.09. The van der Waals surface area contributed by atoms with Gasteiger partial charge in [0, 0.05) is 17.2 Å². The summed E-state index contributed by atoms with van der Waals surface area (Å²) >= 11 is 3.33. The number of halogens is 2. The van der Waals surface area contributed by atoms with Crippen LogP contribution >= 0.6 is 15.9 Å². The summed E-state index contributed by atoms with van der Waals surface area (Å²) < 4.78 is 14.4. The van der Waals surface area contributed by atoms with Gasteiger partial charge in [-0.25, -0.2) is 14.4 Å². The van der Waals surface area contributed by atoms with Crippen LogP contribution in [-0.4, -0.2) is 16.5 Å². The molecule has 6 heteroatoms. The summed E-state index contributed by atoms with van der Waals surface area (Å²) in [6.45, 7) is 0.893. The van der Waals surface area contributed by atoms with E-state index in [2.05, 4.69) is 31.2 Å². The van der Waals surface area contributed by atoms with Gasteiger partial charge >= 0.3 is 0 Å². The normalized spacial score (nSPS) is 10.5. The van der Waals surface area contributed by atoms with Gasteiger partial charge in [-0.1, -0.05) is 15.9 Å². The maximum absolute atomic E-state index is 13.5. The summed E-state index contributed by atoms with van der Waals surface area (Å²) in [6.07, 6.45) is 2.23. The molecule has 100 valence electrons. The first-order valence-corrected chi connectivity index (χ1v) is 6.68. The van der Waals surface area contributed by atoms with Gasteiger partial charge in [0.2, 0.25) is 0 Å². The molecule has 0 aliphatic carbocycles. The van der Waals surface area contributed by atoms with Crippen LogP contribution in [0.25, 0.3) is 0 Å². The topological polar surface area (TPSA) is 63.8 Å². The van der Waals surface area contributed by atoms with E-state index in [4.69, 9.17) is 5.73 Å². The van der Waals surface area contributed by atoms with Crippen molar-refractivity contribution in [1.82, 2.24) is 9.97 Å². The Kier molecular flexibility index (Phi) is 4.81. The molecule has 0 spiro atoms. The summed E-state index contributed by atoms with van der Waals surface area (Å²) in [5.41, 5.74) is 6.13. The summed E-state index contributed by atoms with van der Waals surface area (Å²) in [6, 6.07) is 6.68. The van der Waals surface area contributed by atoms with E-state index in [0.717, 1.165) is 4.47 Å². The Bertz CT molecular complexity index is 562. The standard InChI is InChI=1S/C13H14BrFN4/c14-10-1-2-11(15)9(7-10)3-5-17-12-4-6-18-13(8-16)19-12/h1-2,4,6-7H,3,5,8,16H2,(H,17,18,19). The monoisotopic (exact) mass is 324 g/mol. The van der Waals surface area contributed by atoms with Gasteiger partial charge in [0.25, 0.3) is 0 Å². The highest BCUT2D eigenvalue weighted by Gasteiger charge is 2.03. The van der Waals surface area contributed by atoms with Crippen molar-refractivity contribution in [3.8, 4) is 0 Å². The van der Waals surface area contributed by atoms with E-state index in [1.807, 2.05) is 0 Å². The van der Waals surface area contributed by atoms with Crippen LogP contribution in [0.4, 0.5) is 10.2 Å². The third-order valence-electron chi connectivity index (χ3n) is 2.60. The highest BCUT2D eigenvalue weighted by Crippen LogP contribution is 2.16. The molecule has 0 amide bonds. The lowest BCUT2D eigenvalue weighted by Gasteiger charge is -2.07. The highest BCUT2D eigenvalue weighted by atomic mass is 79.9. The molecule has 0 aliphatic heterocycles. The van der Waals surface area contributed by atoms with Crippen molar-refractivity contribution >= 4 is 21.7 Å². The first-order valence-electron chi connectivity index (χ1n) is 5.89. The van der Waals surface area contributed by atoms with Crippen molar-refractivity contribution < 1.29 is 4.39 Å². The molecule has 19 heavy (non-hydrogen) atoms. The maximum Gasteiger partial charge on any atom is 0.144 e. The van der Waals surface area contributed by atoms with Crippen molar-refractivity contribution in [1.29, 1.82) is 0 Å². The van der Waals surface area contributed by atoms with E-state index >= 15 is 0 Å². The van der Waals surface area contributed by atoms with Gasteiger partial charge in [-0.3, -0.25) is 0 Å². The Balaban J connectivity index is 1.94. The summed E-state index contributed by atoms with van der Waals surface area (Å²) in [4.78, 5) is 8.22. The van der Waals surface area contributed by atoms with Crippen LogP contribution in [0.15, 0.2) is 34.9 Å². The van der Waals surface area contributed by atoms with Crippen LogP contribution in [0.1, 0.15) is 11.4 Å². The predicted molar refractivity (Wildman–Crippen MR) is 76.2 cm³/mol. The van der Waals surface area contributed by atoms with Crippen LogP contribution in [0.5, 0.6) is 0 Å². The molecule has 1 aromatic carbocycles. The highest BCUT2D eigenvalue weighted by molar-refractivity contribution is 9.10. The Labute approximate surface area is 119 Å². The SMILES string of the molecule is NCc1nccc(NCCc2cc(Br)ccc2F)n1. The Hall–Kier alpha value is -1.53. The lowest BCUT2D eigenvalue weighted by molar-refractivity contribution is 0.610. The molecule has 0 unspecified atom stereocenters. The van der Waals surface area contributed by atoms with Gasteiger partial charge in [-0.05, 0) is 36.2 Å². The number of rotatable bonds is 5. The first kappa shape index (κ1) is 13.9. The molecule has 0 bridgehead atoms. The summed E-state index contributed by atoms with van der Waals surface area (Å²) in [7, 11) is 0. The van der Waals surface area contributed by atoms with E-state index in [-0.39, 0.29) is 5.82 Å². The van der Waals surface area contributed by atoms with Gasteiger partial charge in [0.15, 0.2) is 0 Å². The van der Waals surface area contributed by atoms with Crippen molar-refractivity contribution in [2.24, 2.45) is 5.73 Å². The van der Waals surface area contributed by atoms with Crippen molar-refractivity contribution in [3.05, 3.63) is 52.1 Å². The zero-order valence-electron chi connectivity index (χ0n) is 10.2. The number of hydrogen-bond acceptors (Lipinski definition) is 4. The van der Waals surface area contributed by atoms with E-state index < -0.39 is 0 Å². The Morgan fingerprint density at radius 3 is 2.95 bits per heavy atom. The van der Waals surface area contributed by atoms with Gasteiger partial charge in [0.05, 0.1) is 6.54 Å². The average molecular weight is 325 g/mol. The molecule has 0 fully saturated rings.